The van der Waals surface area contributed by atoms with E-state index in [2.05, 4.69) is 9.97 Å². The third-order valence-electron chi connectivity index (χ3n) is 4.59. The summed E-state index contributed by atoms with van der Waals surface area (Å²) < 4.78 is 6.32. The quantitative estimate of drug-likeness (QED) is 0.576. The number of hydrogen-bond acceptors (Lipinski definition) is 4. The molecule has 0 bridgehead atoms. The molecule has 1 N–H and O–H groups in total. The SMILES string of the molecule is COC(=O)C(Cc1c[nH]c2ccccc12)n1cnc2ccccc2c1=O. The minimum absolute atomic E-state index is 0.258. The first-order chi connectivity index (χ1) is 12.7. The summed E-state index contributed by atoms with van der Waals surface area (Å²) in [6.07, 6.45) is 3.61. The van der Waals surface area contributed by atoms with Gasteiger partial charge in [0.15, 0.2) is 0 Å². The lowest BCUT2D eigenvalue weighted by atomic mass is 10.0. The summed E-state index contributed by atoms with van der Waals surface area (Å²) in [4.78, 5) is 32.8. The average Bonchev–Trinajstić information content (AvgIpc) is 3.09. The Kier molecular flexibility index (Phi) is 4.01. The summed E-state index contributed by atoms with van der Waals surface area (Å²) >= 11 is 0. The zero-order valence-electron chi connectivity index (χ0n) is 14.2. The van der Waals surface area contributed by atoms with Crippen molar-refractivity contribution in [3.8, 4) is 0 Å². The monoisotopic (exact) mass is 347 g/mol. The fraction of sp³-hybridized carbons (Fsp3) is 0.150. The second-order valence-electron chi connectivity index (χ2n) is 6.08. The largest absolute Gasteiger partial charge is 0.467 e. The highest BCUT2D eigenvalue weighted by Crippen LogP contribution is 2.23. The summed E-state index contributed by atoms with van der Waals surface area (Å²) in [5.41, 5.74) is 2.27. The van der Waals surface area contributed by atoms with Crippen molar-refractivity contribution < 1.29 is 9.53 Å². The van der Waals surface area contributed by atoms with Crippen LogP contribution in [0.1, 0.15) is 11.6 Å². The number of hydrogen-bond donors (Lipinski definition) is 1. The van der Waals surface area contributed by atoms with Crippen LogP contribution in [-0.4, -0.2) is 27.6 Å². The van der Waals surface area contributed by atoms with Gasteiger partial charge in [-0.25, -0.2) is 9.78 Å². The predicted octanol–water partition coefficient (Wildman–Crippen LogP) is 2.83. The maximum atomic E-state index is 12.9. The van der Waals surface area contributed by atoms with Crippen LogP contribution in [0.3, 0.4) is 0 Å². The van der Waals surface area contributed by atoms with E-state index < -0.39 is 12.0 Å². The highest BCUT2D eigenvalue weighted by atomic mass is 16.5. The molecule has 0 saturated carbocycles. The van der Waals surface area contributed by atoms with Crippen LogP contribution in [0, 0.1) is 0 Å². The van der Waals surface area contributed by atoms with Crippen LogP contribution in [-0.2, 0) is 16.0 Å². The van der Waals surface area contributed by atoms with E-state index in [0.717, 1.165) is 16.5 Å². The summed E-state index contributed by atoms with van der Waals surface area (Å²) in [7, 11) is 1.32. The number of para-hydroxylation sites is 2. The van der Waals surface area contributed by atoms with Crippen molar-refractivity contribution in [2.24, 2.45) is 0 Å². The molecule has 2 aromatic carbocycles. The van der Waals surface area contributed by atoms with E-state index in [-0.39, 0.29) is 5.56 Å². The van der Waals surface area contributed by atoms with Gasteiger partial charge in [-0.15, -0.1) is 0 Å². The number of ether oxygens (including phenoxy) is 1. The molecule has 130 valence electrons. The number of methoxy groups -OCH3 is 1. The van der Waals surface area contributed by atoms with E-state index in [4.69, 9.17) is 4.74 Å². The van der Waals surface area contributed by atoms with Gasteiger partial charge >= 0.3 is 5.97 Å². The molecule has 6 heteroatoms. The molecule has 4 rings (SSSR count). The molecule has 0 saturated heterocycles. The maximum Gasteiger partial charge on any atom is 0.329 e. The fourth-order valence-corrected chi connectivity index (χ4v) is 3.25. The van der Waals surface area contributed by atoms with E-state index in [1.54, 1.807) is 18.2 Å². The first kappa shape index (κ1) is 16.1. The smallest absolute Gasteiger partial charge is 0.329 e. The van der Waals surface area contributed by atoms with Gasteiger partial charge in [-0.3, -0.25) is 9.36 Å². The molecule has 1 unspecified atom stereocenters. The van der Waals surface area contributed by atoms with Crippen molar-refractivity contribution in [3.63, 3.8) is 0 Å². The van der Waals surface area contributed by atoms with E-state index in [0.29, 0.717) is 17.3 Å². The molecule has 0 aliphatic carbocycles. The first-order valence-electron chi connectivity index (χ1n) is 8.27. The van der Waals surface area contributed by atoms with Crippen LogP contribution < -0.4 is 5.56 Å². The number of carbonyl (C=O) groups excluding carboxylic acids is 1. The lowest BCUT2D eigenvalue weighted by molar-refractivity contribution is -0.144. The van der Waals surface area contributed by atoms with Crippen LogP contribution in [0.2, 0.25) is 0 Å². The number of aromatic nitrogens is 3. The lowest BCUT2D eigenvalue weighted by Gasteiger charge is -2.17. The second-order valence-corrected chi connectivity index (χ2v) is 6.08. The Labute approximate surface area is 149 Å². The molecule has 0 amide bonds. The van der Waals surface area contributed by atoms with Gasteiger partial charge in [0.1, 0.15) is 6.04 Å². The Balaban J connectivity index is 1.82. The van der Waals surface area contributed by atoms with Crippen LogP contribution in [0.25, 0.3) is 21.8 Å². The normalized spacial score (nSPS) is 12.3. The van der Waals surface area contributed by atoms with E-state index in [9.17, 15) is 9.59 Å². The van der Waals surface area contributed by atoms with E-state index in [1.807, 2.05) is 36.5 Å². The van der Waals surface area contributed by atoms with E-state index >= 15 is 0 Å². The molecule has 6 nitrogen and oxygen atoms in total. The number of benzene rings is 2. The van der Waals surface area contributed by atoms with Crippen molar-refractivity contribution in [2.45, 2.75) is 12.5 Å². The molecule has 26 heavy (non-hydrogen) atoms. The molecule has 2 aromatic heterocycles. The minimum Gasteiger partial charge on any atom is -0.467 e. The van der Waals surface area contributed by atoms with Crippen LogP contribution in [0.15, 0.2) is 65.8 Å². The highest BCUT2D eigenvalue weighted by Gasteiger charge is 2.25. The Morgan fingerprint density at radius 2 is 1.88 bits per heavy atom. The number of H-pyrrole nitrogens is 1. The third kappa shape index (κ3) is 2.65. The molecule has 0 radical (unpaired) electrons. The van der Waals surface area contributed by atoms with E-state index in [1.165, 1.54) is 18.0 Å². The third-order valence-corrected chi connectivity index (χ3v) is 4.59. The van der Waals surface area contributed by atoms with Crippen LogP contribution >= 0.6 is 0 Å². The Morgan fingerprint density at radius 1 is 1.15 bits per heavy atom. The van der Waals surface area contributed by atoms with Gasteiger partial charge in [-0.1, -0.05) is 30.3 Å². The molecule has 0 aliphatic rings. The number of aromatic amines is 1. The van der Waals surface area contributed by atoms with Crippen molar-refractivity contribution in [1.29, 1.82) is 0 Å². The van der Waals surface area contributed by atoms with Gasteiger partial charge in [-0.05, 0) is 23.8 Å². The number of esters is 1. The number of fused-ring (bicyclic) bond motifs is 2. The van der Waals surface area contributed by atoms with Gasteiger partial charge < -0.3 is 9.72 Å². The molecule has 0 aliphatic heterocycles. The number of carbonyl (C=O) groups is 1. The Morgan fingerprint density at radius 3 is 2.69 bits per heavy atom. The number of rotatable bonds is 4. The summed E-state index contributed by atoms with van der Waals surface area (Å²) in [6.45, 7) is 0. The van der Waals surface area contributed by atoms with Crippen molar-refractivity contribution in [2.75, 3.05) is 7.11 Å². The fourth-order valence-electron chi connectivity index (χ4n) is 3.25. The van der Waals surface area contributed by atoms with Gasteiger partial charge in [0, 0.05) is 23.5 Å². The molecule has 1 atom stereocenters. The standard InChI is InChI=1S/C20H17N3O3/c1-26-20(25)18(10-13-11-21-16-8-4-2-6-14(13)16)23-12-22-17-9-5-3-7-15(17)19(23)24/h2-9,11-12,18,21H,10H2,1H3. The lowest BCUT2D eigenvalue weighted by Crippen LogP contribution is -2.32. The van der Waals surface area contributed by atoms with Crippen molar-refractivity contribution >= 4 is 27.8 Å². The van der Waals surface area contributed by atoms with Gasteiger partial charge in [0.05, 0.1) is 24.3 Å². The van der Waals surface area contributed by atoms with Crippen molar-refractivity contribution in [3.05, 3.63) is 77.0 Å². The summed E-state index contributed by atoms with van der Waals surface area (Å²) in [5, 5.41) is 1.49. The Bertz CT molecular complexity index is 1160. The van der Waals surface area contributed by atoms with Gasteiger partial charge in [-0.2, -0.15) is 0 Å². The topological polar surface area (TPSA) is 77.0 Å². The van der Waals surface area contributed by atoms with Gasteiger partial charge in [0.2, 0.25) is 0 Å². The first-order valence-corrected chi connectivity index (χ1v) is 8.27. The molecule has 4 aromatic rings. The van der Waals surface area contributed by atoms with Crippen LogP contribution in [0.5, 0.6) is 0 Å². The minimum atomic E-state index is -0.788. The Hall–Kier alpha value is -3.41. The second kappa shape index (κ2) is 6.48. The summed E-state index contributed by atoms with van der Waals surface area (Å²) in [6, 6.07) is 14.1. The molecule has 0 spiro atoms. The molecule has 0 fully saturated rings. The summed E-state index contributed by atoms with van der Waals surface area (Å²) in [5.74, 6) is -0.477. The molecular formula is C20H17N3O3. The maximum absolute atomic E-state index is 12.9. The highest BCUT2D eigenvalue weighted by molar-refractivity contribution is 5.84. The van der Waals surface area contributed by atoms with Crippen LogP contribution in [0.4, 0.5) is 0 Å². The van der Waals surface area contributed by atoms with Crippen molar-refractivity contribution in [1.82, 2.24) is 14.5 Å². The molecule has 2 heterocycles. The zero-order chi connectivity index (χ0) is 18.1. The predicted molar refractivity (Wildman–Crippen MR) is 99.1 cm³/mol. The van der Waals surface area contributed by atoms with Gasteiger partial charge in [0.25, 0.3) is 5.56 Å². The number of nitrogens with one attached hydrogen (secondary N) is 1. The zero-order valence-corrected chi connectivity index (χ0v) is 14.2. The number of nitrogens with zero attached hydrogens (tertiary/aromatic N) is 2. The molecular weight excluding hydrogens is 330 g/mol. The average molecular weight is 347 g/mol.